The molecule has 0 radical (unpaired) electrons. The van der Waals surface area contributed by atoms with Crippen molar-refractivity contribution >= 4 is 16.8 Å². The van der Waals surface area contributed by atoms with Gasteiger partial charge in [0.15, 0.2) is 0 Å². The van der Waals surface area contributed by atoms with Gasteiger partial charge in [0, 0.05) is 38.6 Å². The van der Waals surface area contributed by atoms with E-state index in [1.54, 1.807) is 24.1 Å². The van der Waals surface area contributed by atoms with Crippen LogP contribution in [-0.4, -0.2) is 47.2 Å². The van der Waals surface area contributed by atoms with Gasteiger partial charge in [-0.3, -0.25) is 14.2 Å². The monoisotopic (exact) mass is 369 g/mol. The molecule has 1 amide bonds. The Balaban J connectivity index is 1.45. The summed E-state index contributed by atoms with van der Waals surface area (Å²) in [6, 6.07) is 7.29. The Kier molecular flexibility index (Phi) is 4.34. The molecule has 6 heteroatoms. The highest BCUT2D eigenvalue weighted by Crippen LogP contribution is 2.62. The number of benzene rings is 1. The Morgan fingerprint density at radius 1 is 1.33 bits per heavy atom. The molecule has 0 unspecified atom stereocenters. The number of hydrogen-bond donors (Lipinski definition) is 0. The summed E-state index contributed by atoms with van der Waals surface area (Å²) in [6.45, 7) is 7.18. The molecule has 2 heterocycles. The predicted molar refractivity (Wildman–Crippen MR) is 103 cm³/mol. The number of fused-ring (bicyclic) bond motifs is 2. The van der Waals surface area contributed by atoms with Crippen molar-refractivity contribution in [2.75, 3.05) is 26.8 Å². The zero-order valence-corrected chi connectivity index (χ0v) is 16.3. The van der Waals surface area contributed by atoms with Crippen LogP contribution in [0.2, 0.25) is 0 Å². The van der Waals surface area contributed by atoms with Gasteiger partial charge in [0.05, 0.1) is 23.8 Å². The molecule has 1 aromatic carbocycles. The van der Waals surface area contributed by atoms with E-state index in [0.717, 1.165) is 19.5 Å². The average Bonchev–Trinajstić information content (AvgIpc) is 2.96. The van der Waals surface area contributed by atoms with E-state index in [0.29, 0.717) is 36.4 Å². The van der Waals surface area contributed by atoms with Crippen LogP contribution < -0.4 is 5.56 Å². The molecule has 6 nitrogen and oxygen atoms in total. The van der Waals surface area contributed by atoms with E-state index in [1.807, 2.05) is 23.1 Å². The van der Waals surface area contributed by atoms with Crippen LogP contribution in [0.5, 0.6) is 0 Å². The number of nitrogens with zero attached hydrogens (tertiary/aromatic N) is 3. The molecule has 0 spiro atoms. The highest BCUT2D eigenvalue weighted by molar-refractivity contribution is 5.78. The third kappa shape index (κ3) is 2.96. The lowest BCUT2D eigenvalue weighted by Crippen LogP contribution is -2.55. The first kappa shape index (κ1) is 18.2. The molecular formula is C21H27N3O3. The number of aryl methyl sites for hydroxylation is 1. The van der Waals surface area contributed by atoms with E-state index in [2.05, 4.69) is 18.8 Å². The van der Waals surface area contributed by atoms with Gasteiger partial charge in [-0.15, -0.1) is 0 Å². The van der Waals surface area contributed by atoms with Crippen LogP contribution in [0.15, 0.2) is 35.4 Å². The Hall–Kier alpha value is -2.21. The maximum Gasteiger partial charge on any atom is 0.261 e. The van der Waals surface area contributed by atoms with Crippen molar-refractivity contribution in [3.05, 3.63) is 40.9 Å². The van der Waals surface area contributed by atoms with Crippen LogP contribution >= 0.6 is 0 Å². The number of rotatable bonds is 5. The van der Waals surface area contributed by atoms with Crippen LogP contribution in [0.25, 0.3) is 10.9 Å². The molecule has 2 aromatic rings. The van der Waals surface area contributed by atoms with Gasteiger partial charge in [-0.2, -0.15) is 0 Å². The maximum absolute atomic E-state index is 12.8. The van der Waals surface area contributed by atoms with E-state index < -0.39 is 0 Å². The molecule has 1 aromatic heterocycles. The smallest absolute Gasteiger partial charge is 0.261 e. The third-order valence-corrected chi connectivity index (χ3v) is 6.48. The van der Waals surface area contributed by atoms with E-state index in [1.165, 1.54) is 0 Å². The van der Waals surface area contributed by atoms with Crippen molar-refractivity contribution in [3.63, 3.8) is 0 Å². The Bertz CT molecular complexity index is 936. The number of carbonyl (C=O) groups excluding carboxylic acids is 1. The van der Waals surface area contributed by atoms with Gasteiger partial charge in [-0.05, 0) is 29.9 Å². The Morgan fingerprint density at radius 3 is 2.85 bits per heavy atom. The van der Waals surface area contributed by atoms with Crippen molar-refractivity contribution in [1.82, 2.24) is 14.5 Å². The quantitative estimate of drug-likeness (QED) is 0.811. The van der Waals surface area contributed by atoms with E-state index in [4.69, 9.17) is 4.74 Å². The second kappa shape index (κ2) is 6.44. The summed E-state index contributed by atoms with van der Waals surface area (Å²) >= 11 is 0. The zero-order valence-electron chi connectivity index (χ0n) is 16.3. The molecule has 2 aliphatic rings. The number of hydrogen-bond acceptors (Lipinski definition) is 4. The fourth-order valence-electron chi connectivity index (χ4n) is 5.44. The van der Waals surface area contributed by atoms with Crippen molar-refractivity contribution in [2.45, 2.75) is 33.2 Å². The second-order valence-corrected chi connectivity index (χ2v) is 8.80. The highest BCUT2D eigenvalue weighted by atomic mass is 16.5. The molecular weight excluding hydrogens is 342 g/mol. The number of methoxy groups -OCH3 is 1. The van der Waals surface area contributed by atoms with Gasteiger partial charge in [0.1, 0.15) is 0 Å². The minimum Gasteiger partial charge on any atom is -0.384 e. The second-order valence-electron chi connectivity index (χ2n) is 8.80. The minimum atomic E-state index is -0.0909. The van der Waals surface area contributed by atoms with Crippen molar-refractivity contribution < 1.29 is 9.53 Å². The van der Waals surface area contributed by atoms with Crippen LogP contribution in [0.1, 0.15) is 26.7 Å². The normalized spacial score (nSPS) is 26.0. The Morgan fingerprint density at radius 2 is 2.11 bits per heavy atom. The predicted octanol–water partition coefficient (Wildman–Crippen LogP) is 2.31. The van der Waals surface area contributed by atoms with Crippen LogP contribution in [-0.2, 0) is 16.1 Å². The molecule has 1 saturated heterocycles. The van der Waals surface area contributed by atoms with Crippen LogP contribution in [0.4, 0.5) is 0 Å². The third-order valence-electron chi connectivity index (χ3n) is 6.48. The summed E-state index contributed by atoms with van der Waals surface area (Å²) in [5.74, 6) is 0.592. The van der Waals surface area contributed by atoms with Crippen molar-refractivity contribution in [1.29, 1.82) is 0 Å². The van der Waals surface area contributed by atoms with Gasteiger partial charge < -0.3 is 9.64 Å². The highest BCUT2D eigenvalue weighted by Gasteiger charge is 2.63. The SMILES string of the molecule is COC[C@@]12CN(C(=O)CCn3cnc4ccccc4c3=O)C[C@@H]1C(C)(C)C2. The standard InChI is InChI=1S/C21H27N3O3/c1-20(2)11-21(13-27-3)12-24(10-17(20)21)18(25)8-9-23-14-22-16-7-5-4-6-15(16)19(23)26/h4-7,14,17H,8-13H2,1-3H3/t17-,21-/m1/s1. The first-order valence-electron chi connectivity index (χ1n) is 9.57. The lowest BCUT2D eigenvalue weighted by Gasteiger charge is -2.56. The molecule has 27 heavy (non-hydrogen) atoms. The molecule has 2 atom stereocenters. The first-order valence-corrected chi connectivity index (χ1v) is 9.57. The fourth-order valence-corrected chi connectivity index (χ4v) is 5.44. The first-order chi connectivity index (χ1) is 12.9. The van der Waals surface area contributed by atoms with Crippen molar-refractivity contribution in [3.8, 4) is 0 Å². The largest absolute Gasteiger partial charge is 0.384 e. The molecule has 144 valence electrons. The minimum absolute atomic E-state index is 0.0909. The summed E-state index contributed by atoms with van der Waals surface area (Å²) < 4.78 is 7.01. The average molecular weight is 369 g/mol. The van der Waals surface area contributed by atoms with Crippen LogP contribution in [0, 0.1) is 16.7 Å². The van der Waals surface area contributed by atoms with Gasteiger partial charge in [-0.25, -0.2) is 4.98 Å². The maximum atomic E-state index is 12.8. The van der Waals surface area contributed by atoms with Crippen molar-refractivity contribution in [2.24, 2.45) is 16.7 Å². The summed E-state index contributed by atoms with van der Waals surface area (Å²) in [5, 5.41) is 0.590. The van der Waals surface area contributed by atoms with Gasteiger partial charge in [0.25, 0.3) is 5.56 Å². The number of carbonyl (C=O) groups is 1. The fraction of sp³-hybridized carbons (Fsp3) is 0.571. The molecule has 2 fully saturated rings. The van der Waals surface area contributed by atoms with E-state index >= 15 is 0 Å². The summed E-state index contributed by atoms with van der Waals surface area (Å²) in [5.41, 5.74) is 0.957. The molecule has 1 saturated carbocycles. The summed E-state index contributed by atoms with van der Waals surface area (Å²) in [7, 11) is 1.74. The number of aromatic nitrogens is 2. The van der Waals surface area contributed by atoms with Crippen LogP contribution in [0.3, 0.4) is 0 Å². The van der Waals surface area contributed by atoms with Gasteiger partial charge in [0.2, 0.25) is 5.91 Å². The summed E-state index contributed by atoms with van der Waals surface area (Å²) in [4.78, 5) is 31.7. The topological polar surface area (TPSA) is 64.4 Å². The zero-order chi connectivity index (χ0) is 19.2. The molecule has 0 bridgehead atoms. The molecule has 4 rings (SSSR count). The van der Waals surface area contributed by atoms with E-state index in [-0.39, 0.29) is 22.3 Å². The molecule has 1 aliphatic carbocycles. The van der Waals surface area contributed by atoms with E-state index in [9.17, 15) is 9.59 Å². The molecule has 1 aliphatic heterocycles. The molecule has 0 N–H and O–H groups in total. The Labute approximate surface area is 159 Å². The number of likely N-dealkylation sites (tertiary alicyclic amines) is 1. The number of ether oxygens (including phenoxy) is 1. The van der Waals surface area contributed by atoms with Gasteiger partial charge in [-0.1, -0.05) is 26.0 Å². The summed E-state index contributed by atoms with van der Waals surface area (Å²) in [6.07, 6.45) is 2.95. The number of para-hydroxylation sites is 1. The van der Waals surface area contributed by atoms with Gasteiger partial charge >= 0.3 is 0 Å². The lowest BCUT2D eigenvalue weighted by molar-refractivity contribution is -0.131. The number of amides is 1. The lowest BCUT2D eigenvalue weighted by atomic mass is 9.48.